The maximum atomic E-state index is 14.0. The van der Waals surface area contributed by atoms with E-state index in [9.17, 15) is 4.39 Å². The smallest absolute Gasteiger partial charge is 0.128 e. The Hall–Kier alpha value is -1.87. The molecule has 0 aliphatic carbocycles. The monoisotopic (exact) mass is 272 g/mol. The van der Waals surface area contributed by atoms with E-state index in [2.05, 4.69) is 36.9 Å². The Morgan fingerprint density at radius 1 is 1.05 bits per heavy atom. The van der Waals surface area contributed by atoms with Gasteiger partial charge in [-0.3, -0.25) is 0 Å². The van der Waals surface area contributed by atoms with E-state index >= 15 is 0 Å². The van der Waals surface area contributed by atoms with Gasteiger partial charge in [0.05, 0.1) is 0 Å². The molecule has 0 saturated heterocycles. The van der Waals surface area contributed by atoms with E-state index in [1.165, 1.54) is 17.2 Å². The third kappa shape index (κ3) is 3.36. The van der Waals surface area contributed by atoms with Gasteiger partial charge in [-0.2, -0.15) is 0 Å². The molecular weight excluding hydrogens is 251 g/mol. The fourth-order valence-electron chi connectivity index (χ4n) is 2.36. The van der Waals surface area contributed by atoms with E-state index in [1.807, 2.05) is 19.2 Å². The van der Waals surface area contributed by atoms with Crippen LogP contribution in [0.4, 0.5) is 10.1 Å². The number of anilines is 1. The summed E-state index contributed by atoms with van der Waals surface area (Å²) in [4.78, 5) is 2.06. The van der Waals surface area contributed by atoms with Gasteiger partial charge in [-0.05, 0) is 48.7 Å². The van der Waals surface area contributed by atoms with E-state index < -0.39 is 0 Å². The number of halogens is 1. The van der Waals surface area contributed by atoms with Crippen molar-refractivity contribution in [3.05, 3.63) is 64.5 Å². The standard InChI is InChI=1S/C17H21FN2/c1-12-6-13(2)8-16(7-12)20(3)11-15-5-4-14(10-19)9-17(15)18/h4-9H,10-11,19H2,1-3H3. The Morgan fingerprint density at radius 3 is 2.25 bits per heavy atom. The van der Waals surface area contributed by atoms with Crippen LogP contribution in [0.5, 0.6) is 0 Å². The van der Waals surface area contributed by atoms with Gasteiger partial charge in [0.2, 0.25) is 0 Å². The molecule has 0 aliphatic heterocycles. The highest BCUT2D eigenvalue weighted by molar-refractivity contribution is 5.50. The summed E-state index contributed by atoms with van der Waals surface area (Å²) in [7, 11) is 1.98. The lowest BCUT2D eigenvalue weighted by molar-refractivity contribution is 0.605. The van der Waals surface area contributed by atoms with Gasteiger partial charge >= 0.3 is 0 Å². The lowest BCUT2D eigenvalue weighted by Crippen LogP contribution is -2.17. The summed E-state index contributed by atoms with van der Waals surface area (Å²) in [6, 6.07) is 11.6. The van der Waals surface area contributed by atoms with Crippen LogP contribution in [0.3, 0.4) is 0 Å². The topological polar surface area (TPSA) is 29.3 Å². The molecule has 2 rings (SSSR count). The molecule has 2 aromatic carbocycles. The third-order valence-corrected chi connectivity index (χ3v) is 3.41. The Morgan fingerprint density at radius 2 is 1.70 bits per heavy atom. The minimum Gasteiger partial charge on any atom is -0.370 e. The fraction of sp³-hybridized carbons (Fsp3) is 0.294. The maximum absolute atomic E-state index is 14.0. The number of nitrogens with two attached hydrogens (primary N) is 1. The summed E-state index contributed by atoms with van der Waals surface area (Å²) in [6.45, 7) is 5.05. The van der Waals surface area contributed by atoms with Crippen LogP contribution in [-0.2, 0) is 13.1 Å². The molecule has 2 aromatic rings. The molecule has 2 N–H and O–H groups in total. The number of nitrogens with zero attached hydrogens (tertiary/aromatic N) is 1. The van der Waals surface area contributed by atoms with Gasteiger partial charge in [0.15, 0.2) is 0 Å². The average Bonchev–Trinajstić information content (AvgIpc) is 2.39. The molecule has 0 radical (unpaired) electrons. The molecule has 2 nitrogen and oxygen atoms in total. The Balaban J connectivity index is 2.20. The Bertz CT molecular complexity index is 588. The first kappa shape index (κ1) is 14.5. The van der Waals surface area contributed by atoms with E-state index in [-0.39, 0.29) is 5.82 Å². The number of rotatable bonds is 4. The molecule has 0 heterocycles. The molecule has 0 bridgehead atoms. The maximum Gasteiger partial charge on any atom is 0.128 e. The summed E-state index contributed by atoms with van der Waals surface area (Å²) in [6.07, 6.45) is 0. The van der Waals surface area contributed by atoms with E-state index in [0.29, 0.717) is 18.7 Å². The zero-order valence-electron chi connectivity index (χ0n) is 12.3. The van der Waals surface area contributed by atoms with Crippen molar-refractivity contribution in [2.24, 2.45) is 5.73 Å². The van der Waals surface area contributed by atoms with E-state index in [0.717, 1.165) is 11.3 Å². The van der Waals surface area contributed by atoms with Crippen molar-refractivity contribution in [3.63, 3.8) is 0 Å². The van der Waals surface area contributed by atoms with E-state index in [4.69, 9.17) is 5.73 Å². The molecule has 0 aliphatic rings. The minimum atomic E-state index is -0.191. The predicted molar refractivity (Wildman–Crippen MR) is 82.3 cm³/mol. The van der Waals surface area contributed by atoms with Crippen LogP contribution < -0.4 is 10.6 Å². The van der Waals surface area contributed by atoms with Gasteiger partial charge in [-0.1, -0.05) is 18.2 Å². The number of hydrogen-bond acceptors (Lipinski definition) is 2. The second kappa shape index (κ2) is 6.06. The second-order valence-corrected chi connectivity index (χ2v) is 5.33. The van der Waals surface area contributed by atoms with Crippen LogP contribution in [0.25, 0.3) is 0 Å². The number of benzene rings is 2. The largest absolute Gasteiger partial charge is 0.370 e. The van der Waals surface area contributed by atoms with Crippen LogP contribution in [0.2, 0.25) is 0 Å². The molecule has 0 unspecified atom stereocenters. The normalized spacial score (nSPS) is 10.7. The minimum absolute atomic E-state index is 0.191. The molecule has 20 heavy (non-hydrogen) atoms. The average molecular weight is 272 g/mol. The van der Waals surface area contributed by atoms with Gasteiger partial charge in [0.25, 0.3) is 0 Å². The third-order valence-electron chi connectivity index (χ3n) is 3.41. The van der Waals surface area contributed by atoms with Crippen molar-refractivity contribution in [1.29, 1.82) is 0 Å². The molecule has 0 saturated carbocycles. The highest BCUT2D eigenvalue weighted by Gasteiger charge is 2.08. The summed E-state index contributed by atoms with van der Waals surface area (Å²) in [5.41, 5.74) is 10.6. The lowest BCUT2D eigenvalue weighted by Gasteiger charge is -2.21. The number of hydrogen-bond donors (Lipinski definition) is 1. The Labute approximate surface area is 120 Å². The molecule has 0 amide bonds. The van der Waals surface area contributed by atoms with Crippen LogP contribution in [-0.4, -0.2) is 7.05 Å². The van der Waals surface area contributed by atoms with Crippen molar-refractivity contribution in [2.45, 2.75) is 26.9 Å². The zero-order chi connectivity index (χ0) is 14.7. The number of aryl methyl sites for hydroxylation is 2. The summed E-state index contributed by atoms with van der Waals surface area (Å²) in [5.74, 6) is -0.191. The van der Waals surface area contributed by atoms with Crippen LogP contribution in [0, 0.1) is 19.7 Å². The van der Waals surface area contributed by atoms with Crippen molar-refractivity contribution >= 4 is 5.69 Å². The Kier molecular flexibility index (Phi) is 4.40. The fourth-order valence-corrected chi connectivity index (χ4v) is 2.36. The molecule has 0 aromatic heterocycles. The van der Waals surface area contributed by atoms with E-state index in [1.54, 1.807) is 0 Å². The second-order valence-electron chi connectivity index (χ2n) is 5.33. The van der Waals surface area contributed by atoms with Gasteiger partial charge in [0.1, 0.15) is 5.82 Å². The summed E-state index contributed by atoms with van der Waals surface area (Å²) >= 11 is 0. The van der Waals surface area contributed by atoms with Crippen LogP contribution >= 0.6 is 0 Å². The van der Waals surface area contributed by atoms with Crippen LogP contribution in [0.1, 0.15) is 22.3 Å². The molecule has 0 spiro atoms. The first-order valence-corrected chi connectivity index (χ1v) is 6.76. The SMILES string of the molecule is Cc1cc(C)cc(N(C)Cc2ccc(CN)cc2F)c1. The quantitative estimate of drug-likeness (QED) is 0.922. The summed E-state index contributed by atoms with van der Waals surface area (Å²) in [5, 5.41) is 0. The highest BCUT2D eigenvalue weighted by Crippen LogP contribution is 2.20. The molecule has 0 atom stereocenters. The molecule has 0 fully saturated rings. The van der Waals surface area contributed by atoms with Gasteiger partial charge < -0.3 is 10.6 Å². The molecule has 3 heteroatoms. The predicted octanol–water partition coefficient (Wildman–Crippen LogP) is 3.54. The highest BCUT2D eigenvalue weighted by atomic mass is 19.1. The van der Waals surface area contributed by atoms with Crippen molar-refractivity contribution in [2.75, 3.05) is 11.9 Å². The first-order chi connectivity index (χ1) is 9.49. The van der Waals surface area contributed by atoms with Crippen molar-refractivity contribution in [3.8, 4) is 0 Å². The summed E-state index contributed by atoms with van der Waals surface area (Å²) < 4.78 is 14.0. The van der Waals surface area contributed by atoms with Crippen LogP contribution in [0.15, 0.2) is 36.4 Å². The molecular formula is C17H21FN2. The van der Waals surface area contributed by atoms with Gasteiger partial charge in [0, 0.05) is 31.4 Å². The first-order valence-electron chi connectivity index (χ1n) is 6.76. The molecule has 106 valence electrons. The zero-order valence-corrected chi connectivity index (χ0v) is 12.3. The van der Waals surface area contributed by atoms with Gasteiger partial charge in [-0.15, -0.1) is 0 Å². The van der Waals surface area contributed by atoms with Gasteiger partial charge in [-0.25, -0.2) is 4.39 Å². The lowest BCUT2D eigenvalue weighted by atomic mass is 10.1. The van der Waals surface area contributed by atoms with Crippen molar-refractivity contribution < 1.29 is 4.39 Å². The van der Waals surface area contributed by atoms with Crippen molar-refractivity contribution in [1.82, 2.24) is 0 Å².